The minimum absolute atomic E-state index is 0.589. The van der Waals surface area contributed by atoms with Crippen LogP contribution < -0.4 is 5.73 Å². The molecule has 0 saturated carbocycles. The molecule has 2 N–H and O–H groups in total. The van der Waals surface area contributed by atoms with E-state index in [0.29, 0.717) is 23.1 Å². The molecule has 0 aliphatic carbocycles. The largest absolute Gasteiger partial charge is 0.330 e. The smallest absolute Gasteiger partial charge is 0.0827 e. The van der Waals surface area contributed by atoms with Crippen LogP contribution in [0.2, 0.25) is 10.0 Å². The third-order valence-corrected chi connectivity index (χ3v) is 3.16. The van der Waals surface area contributed by atoms with Crippen LogP contribution in [0.1, 0.15) is 17.7 Å². The van der Waals surface area contributed by atoms with Crippen LogP contribution in [0.3, 0.4) is 0 Å². The first-order valence-electron chi connectivity index (χ1n) is 5.72. The van der Waals surface area contributed by atoms with Crippen LogP contribution in [-0.2, 0) is 13.0 Å². The van der Waals surface area contributed by atoms with Crippen molar-refractivity contribution in [1.29, 1.82) is 0 Å². The molecular formula is C12H14Cl2N4. The van der Waals surface area contributed by atoms with Gasteiger partial charge in [0.05, 0.1) is 12.2 Å². The fourth-order valence-corrected chi connectivity index (χ4v) is 2.11. The van der Waals surface area contributed by atoms with Crippen LogP contribution >= 0.6 is 23.2 Å². The molecule has 1 aromatic carbocycles. The van der Waals surface area contributed by atoms with Crippen LogP contribution in [-0.4, -0.2) is 21.5 Å². The van der Waals surface area contributed by atoms with E-state index in [2.05, 4.69) is 10.3 Å². The Kier molecular flexibility index (Phi) is 4.58. The molecule has 96 valence electrons. The molecule has 6 heteroatoms. The summed E-state index contributed by atoms with van der Waals surface area (Å²) in [6.07, 6.45) is 3.69. The van der Waals surface area contributed by atoms with E-state index in [1.165, 1.54) is 0 Å². The third kappa shape index (κ3) is 3.45. The van der Waals surface area contributed by atoms with E-state index in [0.717, 1.165) is 24.1 Å². The SMILES string of the molecule is NCCCc1cn(Cc2ccc(Cl)cc2Cl)nn1. The van der Waals surface area contributed by atoms with E-state index in [9.17, 15) is 0 Å². The first-order valence-corrected chi connectivity index (χ1v) is 6.47. The van der Waals surface area contributed by atoms with Crippen LogP contribution in [0.15, 0.2) is 24.4 Å². The predicted octanol–water partition coefficient (Wildman–Crippen LogP) is 2.52. The Morgan fingerprint density at radius 3 is 2.83 bits per heavy atom. The molecule has 0 aliphatic rings. The zero-order valence-electron chi connectivity index (χ0n) is 9.81. The molecular weight excluding hydrogens is 271 g/mol. The normalized spacial score (nSPS) is 10.8. The maximum atomic E-state index is 6.11. The summed E-state index contributed by atoms with van der Waals surface area (Å²) < 4.78 is 1.76. The molecule has 1 heterocycles. The monoisotopic (exact) mass is 284 g/mol. The fourth-order valence-electron chi connectivity index (χ4n) is 1.64. The van der Waals surface area contributed by atoms with Gasteiger partial charge in [-0.2, -0.15) is 0 Å². The molecule has 18 heavy (non-hydrogen) atoms. The Morgan fingerprint density at radius 2 is 2.11 bits per heavy atom. The number of rotatable bonds is 5. The van der Waals surface area contributed by atoms with Gasteiger partial charge in [-0.1, -0.05) is 34.5 Å². The van der Waals surface area contributed by atoms with E-state index < -0.39 is 0 Å². The van der Waals surface area contributed by atoms with Crippen molar-refractivity contribution in [3.63, 3.8) is 0 Å². The van der Waals surface area contributed by atoms with Gasteiger partial charge in [0, 0.05) is 16.2 Å². The summed E-state index contributed by atoms with van der Waals surface area (Å²) in [6, 6.07) is 5.44. The number of nitrogens with two attached hydrogens (primary N) is 1. The zero-order valence-corrected chi connectivity index (χ0v) is 11.3. The van der Waals surface area contributed by atoms with Gasteiger partial charge < -0.3 is 5.73 Å². The van der Waals surface area contributed by atoms with E-state index in [4.69, 9.17) is 28.9 Å². The third-order valence-electron chi connectivity index (χ3n) is 2.57. The predicted molar refractivity (Wildman–Crippen MR) is 73.0 cm³/mol. The number of aryl methyl sites for hydroxylation is 1. The van der Waals surface area contributed by atoms with Crippen molar-refractivity contribution in [1.82, 2.24) is 15.0 Å². The molecule has 0 atom stereocenters. The quantitative estimate of drug-likeness (QED) is 0.918. The fraction of sp³-hybridized carbons (Fsp3) is 0.333. The van der Waals surface area contributed by atoms with E-state index >= 15 is 0 Å². The Hall–Kier alpha value is -1.10. The molecule has 0 fully saturated rings. The van der Waals surface area contributed by atoms with E-state index in [1.54, 1.807) is 10.7 Å². The molecule has 1 aromatic heterocycles. The topological polar surface area (TPSA) is 56.7 Å². The van der Waals surface area contributed by atoms with Crippen molar-refractivity contribution >= 4 is 23.2 Å². The zero-order chi connectivity index (χ0) is 13.0. The molecule has 0 radical (unpaired) electrons. The summed E-state index contributed by atoms with van der Waals surface area (Å²) in [5.74, 6) is 0. The summed E-state index contributed by atoms with van der Waals surface area (Å²) in [6.45, 7) is 1.25. The summed E-state index contributed by atoms with van der Waals surface area (Å²) in [5.41, 5.74) is 7.37. The molecule has 0 saturated heterocycles. The molecule has 0 aliphatic heterocycles. The van der Waals surface area contributed by atoms with E-state index in [1.807, 2.05) is 18.3 Å². The van der Waals surface area contributed by atoms with Gasteiger partial charge in [-0.25, -0.2) is 4.68 Å². The lowest BCUT2D eigenvalue weighted by Crippen LogP contribution is -2.01. The highest BCUT2D eigenvalue weighted by Gasteiger charge is 2.05. The summed E-state index contributed by atoms with van der Waals surface area (Å²) in [4.78, 5) is 0. The van der Waals surface area contributed by atoms with Gasteiger partial charge in [-0.3, -0.25) is 0 Å². The van der Waals surface area contributed by atoms with Gasteiger partial charge in [0.1, 0.15) is 0 Å². The van der Waals surface area contributed by atoms with Crippen molar-refractivity contribution in [2.75, 3.05) is 6.54 Å². The second-order valence-electron chi connectivity index (χ2n) is 4.04. The second kappa shape index (κ2) is 6.18. The van der Waals surface area contributed by atoms with Gasteiger partial charge in [0.25, 0.3) is 0 Å². The number of nitrogens with zero attached hydrogens (tertiary/aromatic N) is 3. The molecule has 0 bridgehead atoms. The summed E-state index contributed by atoms with van der Waals surface area (Å²) in [7, 11) is 0. The molecule has 4 nitrogen and oxygen atoms in total. The molecule has 0 unspecified atom stereocenters. The first kappa shape index (κ1) is 13.3. The number of halogens is 2. The molecule has 2 aromatic rings. The highest BCUT2D eigenvalue weighted by atomic mass is 35.5. The lowest BCUT2D eigenvalue weighted by molar-refractivity contribution is 0.649. The first-order chi connectivity index (χ1) is 8.69. The van der Waals surface area contributed by atoms with Crippen molar-refractivity contribution < 1.29 is 0 Å². The van der Waals surface area contributed by atoms with Crippen molar-refractivity contribution in [2.45, 2.75) is 19.4 Å². The highest BCUT2D eigenvalue weighted by Crippen LogP contribution is 2.21. The number of benzene rings is 1. The average Bonchev–Trinajstić information content (AvgIpc) is 2.78. The summed E-state index contributed by atoms with van der Waals surface area (Å²) in [5, 5.41) is 9.42. The number of hydrogen-bond acceptors (Lipinski definition) is 3. The van der Waals surface area contributed by atoms with Crippen LogP contribution in [0.25, 0.3) is 0 Å². The maximum Gasteiger partial charge on any atom is 0.0827 e. The minimum atomic E-state index is 0.589. The Labute approximate surface area is 116 Å². The van der Waals surface area contributed by atoms with Gasteiger partial charge >= 0.3 is 0 Å². The van der Waals surface area contributed by atoms with Crippen molar-refractivity contribution in [2.24, 2.45) is 5.73 Å². The van der Waals surface area contributed by atoms with Crippen molar-refractivity contribution in [3.8, 4) is 0 Å². The van der Waals surface area contributed by atoms with Gasteiger partial charge in [0.2, 0.25) is 0 Å². The highest BCUT2D eigenvalue weighted by molar-refractivity contribution is 6.35. The van der Waals surface area contributed by atoms with Crippen molar-refractivity contribution in [3.05, 3.63) is 45.7 Å². The lowest BCUT2D eigenvalue weighted by Gasteiger charge is -2.03. The minimum Gasteiger partial charge on any atom is -0.330 e. The number of hydrogen-bond donors (Lipinski definition) is 1. The van der Waals surface area contributed by atoms with Crippen LogP contribution in [0, 0.1) is 0 Å². The van der Waals surface area contributed by atoms with Gasteiger partial charge in [-0.15, -0.1) is 5.10 Å². The Bertz CT molecular complexity index is 525. The lowest BCUT2D eigenvalue weighted by atomic mass is 10.2. The molecule has 0 amide bonds. The molecule has 0 spiro atoms. The van der Waals surface area contributed by atoms with Crippen LogP contribution in [0.5, 0.6) is 0 Å². The summed E-state index contributed by atoms with van der Waals surface area (Å²) >= 11 is 12.0. The Balaban J connectivity index is 2.06. The maximum absolute atomic E-state index is 6.11. The second-order valence-corrected chi connectivity index (χ2v) is 4.88. The van der Waals surface area contributed by atoms with Gasteiger partial charge in [-0.05, 0) is 37.1 Å². The number of aromatic nitrogens is 3. The van der Waals surface area contributed by atoms with Crippen LogP contribution in [0.4, 0.5) is 0 Å². The molecule has 2 rings (SSSR count). The average molecular weight is 285 g/mol. The standard InChI is InChI=1S/C12H14Cl2N4/c13-10-4-3-9(12(14)6-10)7-18-8-11(16-17-18)2-1-5-15/h3-4,6,8H,1-2,5,7,15H2. The Morgan fingerprint density at radius 1 is 1.28 bits per heavy atom. The van der Waals surface area contributed by atoms with Gasteiger partial charge in [0.15, 0.2) is 0 Å². The van der Waals surface area contributed by atoms with E-state index in [-0.39, 0.29) is 0 Å².